The topological polar surface area (TPSA) is 68.8 Å². The summed E-state index contributed by atoms with van der Waals surface area (Å²) in [5, 5.41) is 2.99. The molecule has 150 valence electrons. The number of piperazine rings is 1. The fourth-order valence-electron chi connectivity index (χ4n) is 5.17. The van der Waals surface area contributed by atoms with Crippen LogP contribution in [0.25, 0.3) is 0 Å². The Hall–Kier alpha value is -1.99. The maximum absolute atomic E-state index is 12.8. The summed E-state index contributed by atoms with van der Waals surface area (Å²) in [4.78, 5) is 36.7. The molecule has 2 saturated heterocycles. The standard InChI is InChI=1S/C21H29N5O2/c27-18(26-13-11-25(12-14-26)16-3-1-4-16)15-24-9-6-21(7-10-24)19-17(23-20(21)28)5-2-8-22-19/h2,5,8,16H,1,3-4,6-7,9-15H2,(H,23,28). The minimum Gasteiger partial charge on any atom is -0.339 e. The van der Waals surface area contributed by atoms with Gasteiger partial charge in [0.1, 0.15) is 0 Å². The van der Waals surface area contributed by atoms with E-state index < -0.39 is 5.41 Å². The largest absolute Gasteiger partial charge is 0.339 e. The minimum atomic E-state index is -0.509. The molecule has 7 nitrogen and oxygen atoms in total. The van der Waals surface area contributed by atoms with Gasteiger partial charge in [-0.25, -0.2) is 0 Å². The molecule has 0 aromatic carbocycles. The van der Waals surface area contributed by atoms with E-state index in [0.717, 1.165) is 69.5 Å². The summed E-state index contributed by atoms with van der Waals surface area (Å²) >= 11 is 0. The number of hydrogen-bond acceptors (Lipinski definition) is 5. The lowest BCUT2D eigenvalue weighted by Crippen LogP contribution is -2.55. The van der Waals surface area contributed by atoms with Crippen molar-refractivity contribution in [2.75, 3.05) is 51.1 Å². The van der Waals surface area contributed by atoms with Crippen LogP contribution in [-0.4, -0.2) is 83.4 Å². The van der Waals surface area contributed by atoms with Crippen LogP contribution < -0.4 is 5.32 Å². The first-order valence-electron chi connectivity index (χ1n) is 10.7. The highest BCUT2D eigenvalue weighted by Gasteiger charge is 2.49. The van der Waals surface area contributed by atoms with Crippen molar-refractivity contribution in [2.24, 2.45) is 0 Å². The number of amides is 2. The maximum atomic E-state index is 12.8. The summed E-state index contributed by atoms with van der Waals surface area (Å²) in [6.07, 6.45) is 7.24. The predicted octanol–water partition coefficient (Wildman–Crippen LogP) is 1.06. The Labute approximate surface area is 166 Å². The van der Waals surface area contributed by atoms with Crippen molar-refractivity contribution < 1.29 is 9.59 Å². The molecule has 4 aliphatic rings. The third-order valence-corrected chi connectivity index (χ3v) is 7.27. The Bertz CT molecular complexity index is 762. The number of carbonyl (C=O) groups is 2. The molecule has 1 spiro atoms. The van der Waals surface area contributed by atoms with Gasteiger partial charge in [-0.05, 0) is 37.8 Å². The van der Waals surface area contributed by atoms with Gasteiger partial charge in [0.05, 0.1) is 23.3 Å². The minimum absolute atomic E-state index is 0.0688. The van der Waals surface area contributed by atoms with Crippen LogP contribution in [0.4, 0.5) is 5.69 Å². The monoisotopic (exact) mass is 383 g/mol. The lowest BCUT2D eigenvalue weighted by atomic mass is 9.76. The highest BCUT2D eigenvalue weighted by atomic mass is 16.2. The van der Waals surface area contributed by atoms with Crippen molar-refractivity contribution in [3.63, 3.8) is 0 Å². The Morgan fingerprint density at radius 3 is 2.57 bits per heavy atom. The fraction of sp³-hybridized carbons (Fsp3) is 0.667. The highest BCUT2D eigenvalue weighted by Crippen LogP contribution is 2.43. The van der Waals surface area contributed by atoms with Crippen LogP contribution in [0.3, 0.4) is 0 Å². The van der Waals surface area contributed by atoms with Crippen molar-refractivity contribution in [2.45, 2.75) is 43.6 Å². The molecule has 5 rings (SSSR count). The molecule has 7 heteroatoms. The summed E-state index contributed by atoms with van der Waals surface area (Å²) in [5.41, 5.74) is 1.23. The Balaban J connectivity index is 1.15. The van der Waals surface area contributed by atoms with Gasteiger partial charge in [-0.1, -0.05) is 6.42 Å². The van der Waals surface area contributed by atoms with Crippen LogP contribution in [0.15, 0.2) is 18.3 Å². The molecule has 1 aliphatic carbocycles. The molecule has 28 heavy (non-hydrogen) atoms. The molecule has 1 N–H and O–H groups in total. The quantitative estimate of drug-likeness (QED) is 0.846. The van der Waals surface area contributed by atoms with Crippen molar-refractivity contribution >= 4 is 17.5 Å². The Morgan fingerprint density at radius 1 is 1.14 bits per heavy atom. The van der Waals surface area contributed by atoms with Gasteiger partial charge < -0.3 is 10.2 Å². The molecule has 3 fully saturated rings. The smallest absolute Gasteiger partial charge is 0.236 e. The number of rotatable bonds is 3. The van der Waals surface area contributed by atoms with Crippen molar-refractivity contribution in [3.05, 3.63) is 24.0 Å². The molecule has 0 bridgehead atoms. The molecule has 0 unspecified atom stereocenters. The molecule has 4 heterocycles. The number of anilines is 1. The lowest BCUT2D eigenvalue weighted by molar-refractivity contribution is -0.135. The Morgan fingerprint density at radius 2 is 1.89 bits per heavy atom. The average molecular weight is 383 g/mol. The van der Waals surface area contributed by atoms with E-state index in [1.807, 2.05) is 17.0 Å². The number of pyridine rings is 1. The van der Waals surface area contributed by atoms with Crippen LogP contribution in [0.2, 0.25) is 0 Å². The van der Waals surface area contributed by atoms with E-state index >= 15 is 0 Å². The molecule has 1 saturated carbocycles. The molecule has 2 amide bonds. The van der Waals surface area contributed by atoms with Crippen molar-refractivity contribution in [1.82, 2.24) is 19.7 Å². The van der Waals surface area contributed by atoms with Crippen LogP contribution >= 0.6 is 0 Å². The van der Waals surface area contributed by atoms with Gasteiger partial charge in [-0.2, -0.15) is 0 Å². The normalized spacial score (nSPS) is 25.4. The molecule has 1 aromatic rings. The highest BCUT2D eigenvalue weighted by molar-refractivity contribution is 6.05. The summed E-state index contributed by atoms with van der Waals surface area (Å²) < 4.78 is 0. The van der Waals surface area contributed by atoms with Gasteiger partial charge in [0.25, 0.3) is 0 Å². The van der Waals surface area contributed by atoms with E-state index in [0.29, 0.717) is 6.54 Å². The number of carbonyl (C=O) groups excluding carboxylic acids is 2. The first-order valence-corrected chi connectivity index (χ1v) is 10.7. The number of aromatic nitrogens is 1. The summed E-state index contributed by atoms with van der Waals surface area (Å²) in [6, 6.07) is 4.55. The van der Waals surface area contributed by atoms with E-state index in [1.165, 1.54) is 19.3 Å². The fourth-order valence-corrected chi connectivity index (χ4v) is 5.17. The number of hydrogen-bond donors (Lipinski definition) is 1. The lowest BCUT2D eigenvalue weighted by Gasteiger charge is -2.43. The zero-order valence-electron chi connectivity index (χ0n) is 16.4. The number of nitrogens with one attached hydrogen (secondary N) is 1. The average Bonchev–Trinajstić information content (AvgIpc) is 2.94. The van der Waals surface area contributed by atoms with Crippen LogP contribution in [0.1, 0.15) is 37.8 Å². The summed E-state index contributed by atoms with van der Waals surface area (Å²) in [6.45, 7) is 5.73. The van der Waals surface area contributed by atoms with Crippen molar-refractivity contribution in [3.8, 4) is 0 Å². The second-order valence-corrected chi connectivity index (χ2v) is 8.71. The number of fused-ring (bicyclic) bond motifs is 2. The number of likely N-dealkylation sites (tertiary alicyclic amines) is 1. The van der Waals surface area contributed by atoms with Gasteiger partial charge in [-0.3, -0.25) is 24.4 Å². The first kappa shape index (κ1) is 18.1. The SMILES string of the molecule is O=C(CN1CCC2(CC1)C(=O)Nc1cccnc12)N1CCN(C2CCC2)CC1. The molecule has 1 aromatic heterocycles. The zero-order valence-corrected chi connectivity index (χ0v) is 16.4. The van der Waals surface area contributed by atoms with E-state index in [1.54, 1.807) is 6.20 Å². The van der Waals surface area contributed by atoms with Crippen LogP contribution in [0.5, 0.6) is 0 Å². The molecular formula is C21H29N5O2. The van der Waals surface area contributed by atoms with Gasteiger partial charge >= 0.3 is 0 Å². The molecular weight excluding hydrogens is 354 g/mol. The summed E-state index contributed by atoms with van der Waals surface area (Å²) in [5.74, 6) is 0.304. The van der Waals surface area contributed by atoms with Crippen LogP contribution in [0, 0.1) is 0 Å². The molecule has 0 atom stereocenters. The van der Waals surface area contributed by atoms with Crippen molar-refractivity contribution in [1.29, 1.82) is 0 Å². The predicted molar refractivity (Wildman–Crippen MR) is 106 cm³/mol. The van der Waals surface area contributed by atoms with E-state index in [-0.39, 0.29) is 11.8 Å². The van der Waals surface area contributed by atoms with Gasteiger partial charge in [0.15, 0.2) is 0 Å². The van der Waals surface area contributed by atoms with E-state index in [4.69, 9.17) is 0 Å². The van der Waals surface area contributed by atoms with Gasteiger partial charge in [0.2, 0.25) is 11.8 Å². The first-order chi connectivity index (χ1) is 13.7. The number of piperidine rings is 1. The third-order valence-electron chi connectivity index (χ3n) is 7.27. The maximum Gasteiger partial charge on any atom is 0.236 e. The second kappa shape index (κ2) is 7.12. The number of nitrogens with zero attached hydrogens (tertiary/aromatic N) is 4. The molecule has 3 aliphatic heterocycles. The zero-order chi connectivity index (χ0) is 19.1. The summed E-state index contributed by atoms with van der Waals surface area (Å²) in [7, 11) is 0. The Kier molecular flexibility index (Phi) is 4.59. The van der Waals surface area contributed by atoms with E-state index in [2.05, 4.69) is 20.1 Å². The second-order valence-electron chi connectivity index (χ2n) is 8.71. The van der Waals surface area contributed by atoms with Crippen LogP contribution in [-0.2, 0) is 15.0 Å². The van der Waals surface area contributed by atoms with E-state index in [9.17, 15) is 9.59 Å². The van der Waals surface area contributed by atoms with Gasteiger partial charge in [0, 0.05) is 51.5 Å². The van der Waals surface area contributed by atoms with Gasteiger partial charge in [-0.15, -0.1) is 0 Å². The third kappa shape index (κ3) is 3.01. The molecule has 0 radical (unpaired) electrons.